The van der Waals surface area contributed by atoms with Crippen molar-refractivity contribution in [3.63, 3.8) is 0 Å². The fraction of sp³-hybridized carbons (Fsp3) is 0.300. The molecule has 0 heterocycles. The summed E-state index contributed by atoms with van der Waals surface area (Å²) in [5.41, 5.74) is 2.26. The highest BCUT2D eigenvalue weighted by Crippen LogP contribution is 2.25. The van der Waals surface area contributed by atoms with Gasteiger partial charge in [0.05, 0.1) is 19.5 Å². The fourth-order valence-electron chi connectivity index (χ4n) is 2.36. The number of thioether (sulfide) groups is 1. The van der Waals surface area contributed by atoms with Crippen LogP contribution < -0.4 is 14.8 Å². The minimum absolute atomic E-state index is 0.00932. The number of ether oxygens (including phenoxy) is 2. The number of rotatable bonds is 9. The molecule has 138 valence electrons. The minimum Gasteiger partial charge on any atom is -0.497 e. The fourth-order valence-corrected chi connectivity index (χ4v) is 3.16. The Labute approximate surface area is 158 Å². The molecule has 0 saturated heterocycles. The van der Waals surface area contributed by atoms with E-state index in [1.54, 1.807) is 19.2 Å². The lowest BCUT2D eigenvalue weighted by Gasteiger charge is -2.11. The average Bonchev–Trinajstić information content (AvgIpc) is 2.63. The van der Waals surface area contributed by atoms with Gasteiger partial charge in [-0.1, -0.05) is 6.07 Å². The van der Waals surface area contributed by atoms with Crippen LogP contribution in [0.25, 0.3) is 0 Å². The lowest BCUT2D eigenvalue weighted by molar-refractivity contribution is -0.113. The molecule has 1 N–H and O–H groups in total. The van der Waals surface area contributed by atoms with Crippen molar-refractivity contribution in [2.24, 2.45) is 0 Å². The Hall–Kier alpha value is -2.47. The maximum absolute atomic E-state index is 12.1. The second kappa shape index (κ2) is 9.87. The summed E-state index contributed by atoms with van der Waals surface area (Å²) >= 11 is 1.47. The zero-order valence-electron chi connectivity index (χ0n) is 15.2. The highest BCUT2D eigenvalue weighted by molar-refractivity contribution is 7.99. The van der Waals surface area contributed by atoms with Gasteiger partial charge in [0.2, 0.25) is 5.91 Å². The van der Waals surface area contributed by atoms with Gasteiger partial charge in [0.1, 0.15) is 11.5 Å². The van der Waals surface area contributed by atoms with E-state index < -0.39 is 0 Å². The Morgan fingerprint density at radius 3 is 2.65 bits per heavy atom. The smallest absolute Gasteiger partial charge is 0.234 e. The third-order valence-corrected chi connectivity index (χ3v) is 4.59. The molecule has 0 aliphatic rings. The number of benzene rings is 2. The van der Waals surface area contributed by atoms with Crippen LogP contribution in [0.1, 0.15) is 29.8 Å². The van der Waals surface area contributed by atoms with Crippen molar-refractivity contribution in [2.45, 2.75) is 19.6 Å². The molecule has 1 amide bonds. The van der Waals surface area contributed by atoms with Crippen LogP contribution in [-0.4, -0.2) is 31.2 Å². The summed E-state index contributed by atoms with van der Waals surface area (Å²) in [7, 11) is 1.59. The summed E-state index contributed by atoms with van der Waals surface area (Å²) in [5, 5.41) is 2.85. The molecule has 0 radical (unpaired) electrons. The van der Waals surface area contributed by atoms with E-state index in [0.29, 0.717) is 35.1 Å². The molecular weight excluding hydrogens is 350 g/mol. The molecule has 0 aliphatic carbocycles. The minimum atomic E-state index is -0.0936. The molecule has 0 aliphatic heterocycles. The summed E-state index contributed by atoms with van der Waals surface area (Å²) in [6.07, 6.45) is 0. The monoisotopic (exact) mass is 373 g/mol. The highest BCUT2D eigenvalue weighted by atomic mass is 32.2. The number of anilines is 1. The van der Waals surface area contributed by atoms with E-state index in [-0.39, 0.29) is 11.7 Å². The topological polar surface area (TPSA) is 64.6 Å². The zero-order valence-corrected chi connectivity index (χ0v) is 16.0. The van der Waals surface area contributed by atoms with Gasteiger partial charge in [-0.25, -0.2) is 0 Å². The van der Waals surface area contributed by atoms with E-state index in [1.807, 2.05) is 37.3 Å². The number of ketones is 1. The Morgan fingerprint density at radius 1 is 1.15 bits per heavy atom. The van der Waals surface area contributed by atoms with Crippen LogP contribution in [-0.2, 0) is 10.5 Å². The zero-order chi connectivity index (χ0) is 18.9. The lowest BCUT2D eigenvalue weighted by atomic mass is 10.1. The number of Topliss-reactive ketones (excluding diaryl/α,β-unsaturated/α-hetero) is 1. The van der Waals surface area contributed by atoms with Gasteiger partial charge in [0.15, 0.2) is 5.78 Å². The van der Waals surface area contributed by atoms with Gasteiger partial charge in [-0.2, -0.15) is 0 Å². The lowest BCUT2D eigenvalue weighted by Crippen LogP contribution is -2.14. The van der Waals surface area contributed by atoms with Crippen molar-refractivity contribution in [1.82, 2.24) is 0 Å². The molecule has 0 spiro atoms. The van der Waals surface area contributed by atoms with Crippen molar-refractivity contribution in [3.8, 4) is 11.5 Å². The van der Waals surface area contributed by atoms with Crippen LogP contribution in [0.5, 0.6) is 11.5 Å². The molecule has 0 aromatic heterocycles. The maximum atomic E-state index is 12.1. The third-order valence-electron chi connectivity index (χ3n) is 3.61. The second-order valence-electron chi connectivity index (χ2n) is 5.58. The van der Waals surface area contributed by atoms with Gasteiger partial charge >= 0.3 is 0 Å². The molecule has 5 nitrogen and oxygen atoms in total. The van der Waals surface area contributed by atoms with Crippen molar-refractivity contribution in [2.75, 3.05) is 24.8 Å². The number of carbonyl (C=O) groups excluding carboxylic acids is 2. The molecule has 26 heavy (non-hydrogen) atoms. The first-order valence-electron chi connectivity index (χ1n) is 8.31. The molecule has 2 aromatic carbocycles. The Balaban J connectivity index is 1.94. The molecular formula is C20H23NO4S. The first kappa shape index (κ1) is 19.8. The molecule has 2 rings (SSSR count). The number of hydrogen-bond acceptors (Lipinski definition) is 5. The van der Waals surface area contributed by atoms with E-state index in [4.69, 9.17) is 9.47 Å². The molecule has 0 unspecified atom stereocenters. The maximum Gasteiger partial charge on any atom is 0.234 e. The van der Waals surface area contributed by atoms with E-state index >= 15 is 0 Å². The Morgan fingerprint density at radius 2 is 1.96 bits per heavy atom. The van der Waals surface area contributed by atoms with Gasteiger partial charge < -0.3 is 14.8 Å². The average molecular weight is 373 g/mol. The predicted octanol–water partition coefficient (Wildman–Crippen LogP) is 4.17. The predicted molar refractivity (Wildman–Crippen MR) is 105 cm³/mol. The van der Waals surface area contributed by atoms with E-state index in [2.05, 4.69) is 5.32 Å². The van der Waals surface area contributed by atoms with Gasteiger partial charge in [-0.15, -0.1) is 11.8 Å². The molecule has 0 bridgehead atoms. The Bertz CT molecular complexity index is 776. The van der Waals surface area contributed by atoms with E-state index in [9.17, 15) is 9.59 Å². The molecule has 6 heteroatoms. The second-order valence-corrected chi connectivity index (χ2v) is 6.57. The third kappa shape index (κ3) is 5.81. The number of nitrogens with one attached hydrogen (secondary N) is 1. The summed E-state index contributed by atoms with van der Waals surface area (Å²) in [5.74, 6) is 2.24. The van der Waals surface area contributed by atoms with Crippen molar-refractivity contribution >= 4 is 29.1 Å². The summed E-state index contributed by atoms with van der Waals surface area (Å²) in [6.45, 7) is 4.00. The van der Waals surface area contributed by atoms with Gasteiger partial charge in [0.25, 0.3) is 0 Å². The van der Waals surface area contributed by atoms with Crippen molar-refractivity contribution in [1.29, 1.82) is 0 Å². The van der Waals surface area contributed by atoms with Crippen LogP contribution in [0.2, 0.25) is 0 Å². The van der Waals surface area contributed by atoms with Crippen LogP contribution >= 0.6 is 11.8 Å². The molecule has 0 fully saturated rings. The van der Waals surface area contributed by atoms with Crippen LogP contribution in [0.15, 0.2) is 42.5 Å². The summed E-state index contributed by atoms with van der Waals surface area (Å²) < 4.78 is 10.8. The summed E-state index contributed by atoms with van der Waals surface area (Å²) in [6, 6.07) is 12.6. The van der Waals surface area contributed by atoms with Crippen molar-refractivity contribution in [3.05, 3.63) is 53.6 Å². The largest absolute Gasteiger partial charge is 0.497 e. The van der Waals surface area contributed by atoms with E-state index in [0.717, 1.165) is 11.3 Å². The SMILES string of the molecule is CCOc1ccc(C(C)=O)cc1CSCC(=O)Nc1cccc(OC)c1. The number of methoxy groups -OCH3 is 1. The van der Waals surface area contributed by atoms with Crippen molar-refractivity contribution < 1.29 is 19.1 Å². The first-order valence-corrected chi connectivity index (χ1v) is 9.47. The number of amides is 1. The van der Waals surface area contributed by atoms with E-state index in [1.165, 1.54) is 18.7 Å². The highest BCUT2D eigenvalue weighted by Gasteiger charge is 2.10. The Kier molecular flexibility index (Phi) is 7.53. The standard InChI is InChI=1S/C20H23NO4S/c1-4-25-19-9-8-15(14(2)22)10-16(19)12-26-13-20(23)21-17-6-5-7-18(11-17)24-3/h5-11H,4,12-13H2,1-3H3,(H,21,23). The van der Waals surface area contributed by atoms with Crippen LogP contribution in [0.4, 0.5) is 5.69 Å². The quantitative estimate of drug-likeness (QED) is 0.669. The number of hydrogen-bond donors (Lipinski definition) is 1. The normalized spacial score (nSPS) is 10.3. The summed E-state index contributed by atoms with van der Waals surface area (Å²) in [4.78, 5) is 23.7. The van der Waals surface area contributed by atoms with Gasteiger partial charge in [0, 0.05) is 28.6 Å². The molecule has 0 atom stereocenters. The molecule has 2 aromatic rings. The van der Waals surface area contributed by atoms with Crippen LogP contribution in [0, 0.1) is 0 Å². The van der Waals surface area contributed by atoms with Gasteiger partial charge in [-0.05, 0) is 44.2 Å². The number of carbonyl (C=O) groups is 2. The first-order chi connectivity index (χ1) is 12.5. The van der Waals surface area contributed by atoms with Crippen LogP contribution in [0.3, 0.4) is 0 Å². The van der Waals surface area contributed by atoms with Gasteiger partial charge in [-0.3, -0.25) is 9.59 Å². The molecule has 0 saturated carbocycles.